The molecule has 0 aliphatic heterocycles. The Bertz CT molecular complexity index is 434. The van der Waals surface area contributed by atoms with Gasteiger partial charge in [0, 0.05) is 30.5 Å². The first kappa shape index (κ1) is 12.1. The van der Waals surface area contributed by atoms with Crippen molar-refractivity contribution in [1.82, 2.24) is 0 Å². The van der Waals surface area contributed by atoms with Gasteiger partial charge in [-0.3, -0.25) is 4.79 Å². The lowest BCUT2D eigenvalue weighted by Crippen LogP contribution is -2.18. The van der Waals surface area contributed by atoms with E-state index in [0.717, 1.165) is 5.69 Å². The fraction of sp³-hybridized carbons (Fsp3) is 0.333. The zero-order chi connectivity index (χ0) is 12.1. The van der Waals surface area contributed by atoms with Gasteiger partial charge in [0.1, 0.15) is 0 Å². The summed E-state index contributed by atoms with van der Waals surface area (Å²) in [7, 11) is 1.88. The first-order chi connectivity index (χ1) is 7.56. The average molecular weight is 217 g/mol. The van der Waals surface area contributed by atoms with Gasteiger partial charge in [0.25, 0.3) is 0 Å². The van der Waals surface area contributed by atoms with E-state index in [1.54, 1.807) is 12.1 Å². The molecule has 0 radical (unpaired) electrons. The lowest BCUT2D eigenvalue weighted by molar-refractivity contribution is 0.101. The van der Waals surface area contributed by atoms with Crippen LogP contribution in [-0.2, 0) is 0 Å². The predicted molar refractivity (Wildman–Crippen MR) is 64.4 cm³/mol. The van der Waals surface area contributed by atoms with Crippen molar-refractivity contribution < 1.29 is 4.79 Å². The van der Waals surface area contributed by atoms with E-state index in [0.29, 0.717) is 24.2 Å². The second-order valence-electron chi connectivity index (χ2n) is 3.66. The number of hydrogen-bond donors (Lipinski definition) is 1. The summed E-state index contributed by atoms with van der Waals surface area (Å²) in [6, 6.07) is 7.41. The summed E-state index contributed by atoms with van der Waals surface area (Å²) < 4.78 is 0. The molecule has 0 spiro atoms. The second kappa shape index (κ2) is 5.17. The maximum atomic E-state index is 11.3. The molecule has 2 N–H and O–H groups in total. The molecule has 0 atom stereocenters. The third-order valence-electron chi connectivity index (χ3n) is 2.42. The minimum absolute atomic E-state index is 0.0481. The van der Waals surface area contributed by atoms with Gasteiger partial charge < -0.3 is 10.6 Å². The molecule has 1 aromatic carbocycles. The van der Waals surface area contributed by atoms with Crippen LogP contribution in [0.1, 0.15) is 23.7 Å². The third-order valence-corrected chi connectivity index (χ3v) is 2.42. The molecular formula is C12H15N3O. The molecular weight excluding hydrogens is 202 g/mol. The number of hydrogen-bond acceptors (Lipinski definition) is 4. The van der Waals surface area contributed by atoms with Crippen LogP contribution in [0.25, 0.3) is 0 Å². The lowest BCUT2D eigenvalue weighted by atomic mass is 10.1. The van der Waals surface area contributed by atoms with E-state index in [1.807, 2.05) is 18.0 Å². The normalized spacial score (nSPS) is 9.56. The molecule has 0 saturated carbocycles. The number of ketones is 1. The number of nitrogens with zero attached hydrogens (tertiary/aromatic N) is 2. The largest absolute Gasteiger partial charge is 0.398 e. The number of carbonyl (C=O) groups is 1. The zero-order valence-corrected chi connectivity index (χ0v) is 9.53. The highest BCUT2D eigenvalue weighted by molar-refractivity contribution is 6.00. The third kappa shape index (κ3) is 2.74. The van der Waals surface area contributed by atoms with Crippen LogP contribution < -0.4 is 10.6 Å². The summed E-state index contributed by atoms with van der Waals surface area (Å²) in [6.45, 7) is 2.13. The summed E-state index contributed by atoms with van der Waals surface area (Å²) in [6.07, 6.45) is 0.455. The van der Waals surface area contributed by atoms with Crippen LogP contribution >= 0.6 is 0 Å². The fourth-order valence-electron chi connectivity index (χ4n) is 1.43. The fourth-order valence-corrected chi connectivity index (χ4v) is 1.43. The van der Waals surface area contributed by atoms with Crippen molar-refractivity contribution in [1.29, 1.82) is 5.26 Å². The van der Waals surface area contributed by atoms with E-state index in [1.165, 1.54) is 6.92 Å². The van der Waals surface area contributed by atoms with Crippen molar-refractivity contribution >= 4 is 17.2 Å². The summed E-state index contributed by atoms with van der Waals surface area (Å²) in [4.78, 5) is 13.2. The monoisotopic (exact) mass is 217 g/mol. The topological polar surface area (TPSA) is 70.1 Å². The van der Waals surface area contributed by atoms with Gasteiger partial charge in [-0.05, 0) is 25.1 Å². The van der Waals surface area contributed by atoms with Gasteiger partial charge in [0.2, 0.25) is 0 Å². The zero-order valence-electron chi connectivity index (χ0n) is 9.53. The van der Waals surface area contributed by atoms with Gasteiger partial charge in [0.15, 0.2) is 5.78 Å². The highest BCUT2D eigenvalue weighted by atomic mass is 16.1. The molecule has 16 heavy (non-hydrogen) atoms. The Hall–Kier alpha value is -2.02. The molecule has 1 rings (SSSR count). The van der Waals surface area contributed by atoms with Gasteiger partial charge in [0.05, 0.1) is 12.5 Å². The Morgan fingerprint density at radius 1 is 1.56 bits per heavy atom. The Balaban J connectivity index is 2.94. The maximum absolute atomic E-state index is 11.3. The first-order valence-corrected chi connectivity index (χ1v) is 5.05. The van der Waals surface area contributed by atoms with E-state index >= 15 is 0 Å². The molecule has 0 aromatic heterocycles. The van der Waals surface area contributed by atoms with Gasteiger partial charge >= 0.3 is 0 Å². The van der Waals surface area contributed by atoms with E-state index in [-0.39, 0.29) is 5.78 Å². The van der Waals surface area contributed by atoms with Gasteiger partial charge in [-0.15, -0.1) is 0 Å². The summed E-state index contributed by atoms with van der Waals surface area (Å²) >= 11 is 0. The van der Waals surface area contributed by atoms with Crippen LogP contribution in [0.4, 0.5) is 11.4 Å². The molecule has 0 saturated heterocycles. The van der Waals surface area contributed by atoms with Crippen molar-refractivity contribution in [2.24, 2.45) is 0 Å². The molecule has 84 valence electrons. The number of Topliss-reactive ketones (excluding diaryl/α,β-unsaturated/α-hetero) is 1. The Labute approximate surface area is 95.3 Å². The molecule has 0 fully saturated rings. The molecule has 4 heteroatoms. The molecule has 4 nitrogen and oxygen atoms in total. The summed E-state index contributed by atoms with van der Waals surface area (Å²) in [5.41, 5.74) is 7.62. The van der Waals surface area contributed by atoms with Crippen molar-refractivity contribution in [2.45, 2.75) is 13.3 Å². The minimum Gasteiger partial charge on any atom is -0.398 e. The summed E-state index contributed by atoms with van der Waals surface area (Å²) in [5, 5.41) is 8.50. The van der Waals surface area contributed by atoms with Crippen LogP contribution in [0, 0.1) is 11.3 Å². The van der Waals surface area contributed by atoms with Crippen LogP contribution in [0.15, 0.2) is 18.2 Å². The second-order valence-corrected chi connectivity index (χ2v) is 3.66. The van der Waals surface area contributed by atoms with Gasteiger partial charge in [-0.2, -0.15) is 5.26 Å². The van der Waals surface area contributed by atoms with Crippen molar-refractivity contribution in [3.05, 3.63) is 23.8 Å². The molecule has 0 unspecified atom stereocenters. The van der Waals surface area contributed by atoms with Crippen molar-refractivity contribution in [3.63, 3.8) is 0 Å². The number of nitriles is 1. The molecule has 0 amide bonds. The average Bonchev–Trinajstić information content (AvgIpc) is 2.26. The Morgan fingerprint density at radius 3 is 2.81 bits per heavy atom. The smallest absolute Gasteiger partial charge is 0.161 e. The molecule has 0 aliphatic rings. The van der Waals surface area contributed by atoms with Gasteiger partial charge in [-0.1, -0.05) is 0 Å². The number of carbonyl (C=O) groups excluding carboxylic acids is 1. The molecule has 1 aromatic rings. The van der Waals surface area contributed by atoms with Crippen LogP contribution in [0.5, 0.6) is 0 Å². The van der Waals surface area contributed by atoms with E-state index < -0.39 is 0 Å². The van der Waals surface area contributed by atoms with E-state index in [4.69, 9.17) is 11.0 Å². The first-order valence-electron chi connectivity index (χ1n) is 5.05. The lowest BCUT2D eigenvalue weighted by Gasteiger charge is -2.18. The highest BCUT2D eigenvalue weighted by Crippen LogP contribution is 2.20. The SMILES string of the molecule is CC(=O)c1cc(N(C)CCC#N)ccc1N. The highest BCUT2D eigenvalue weighted by Gasteiger charge is 2.08. The Morgan fingerprint density at radius 2 is 2.25 bits per heavy atom. The van der Waals surface area contributed by atoms with Gasteiger partial charge in [-0.25, -0.2) is 0 Å². The Kier molecular flexibility index (Phi) is 3.90. The van der Waals surface area contributed by atoms with Crippen LogP contribution in [-0.4, -0.2) is 19.4 Å². The standard InChI is InChI=1S/C12H15N3O/c1-9(16)11-8-10(4-5-12(11)14)15(2)7-3-6-13/h4-5,8H,3,7,14H2,1-2H3. The van der Waals surface area contributed by atoms with Crippen LogP contribution in [0.2, 0.25) is 0 Å². The number of rotatable bonds is 4. The van der Waals surface area contributed by atoms with Crippen molar-refractivity contribution in [3.8, 4) is 6.07 Å². The minimum atomic E-state index is -0.0481. The van der Waals surface area contributed by atoms with E-state index in [2.05, 4.69) is 6.07 Å². The number of nitrogen functional groups attached to an aromatic ring is 1. The van der Waals surface area contributed by atoms with Crippen LogP contribution in [0.3, 0.4) is 0 Å². The quantitative estimate of drug-likeness (QED) is 0.617. The molecule has 0 aliphatic carbocycles. The number of nitrogens with two attached hydrogens (primary N) is 1. The van der Waals surface area contributed by atoms with E-state index in [9.17, 15) is 4.79 Å². The molecule has 0 heterocycles. The number of anilines is 2. The summed E-state index contributed by atoms with van der Waals surface area (Å²) in [5.74, 6) is -0.0481. The maximum Gasteiger partial charge on any atom is 0.161 e. The predicted octanol–water partition coefficient (Wildman–Crippen LogP) is 1.82. The molecule has 0 bridgehead atoms. The van der Waals surface area contributed by atoms with Crippen molar-refractivity contribution in [2.75, 3.05) is 24.2 Å². The number of benzene rings is 1.